The predicted molar refractivity (Wildman–Crippen MR) is 72.1 cm³/mol. The smallest absolute Gasteiger partial charge is 0.134 e. The Morgan fingerprint density at radius 1 is 1.35 bits per heavy atom. The maximum atomic E-state index is 9.66. The molecule has 0 aliphatic rings. The van der Waals surface area contributed by atoms with Crippen molar-refractivity contribution in [1.29, 1.82) is 0 Å². The van der Waals surface area contributed by atoms with Gasteiger partial charge in [0, 0.05) is 10.0 Å². The van der Waals surface area contributed by atoms with E-state index < -0.39 is 6.10 Å². The largest absolute Gasteiger partial charge is 0.458 e. The normalized spacial score (nSPS) is 12.7. The first kappa shape index (κ1) is 12.7. The number of aliphatic hydroxyl groups is 1. The van der Waals surface area contributed by atoms with Gasteiger partial charge < -0.3 is 9.52 Å². The van der Waals surface area contributed by atoms with Crippen molar-refractivity contribution in [3.63, 3.8) is 0 Å². The fourth-order valence-electron chi connectivity index (χ4n) is 1.54. The molecule has 0 fully saturated rings. The first-order valence-electron chi connectivity index (χ1n) is 5.35. The van der Waals surface area contributed by atoms with E-state index in [1.165, 1.54) is 0 Å². The van der Waals surface area contributed by atoms with Crippen molar-refractivity contribution in [3.05, 3.63) is 45.6 Å². The van der Waals surface area contributed by atoms with Crippen LogP contribution in [-0.2, 0) is 0 Å². The van der Waals surface area contributed by atoms with Crippen LogP contribution >= 0.6 is 27.5 Å². The highest BCUT2D eigenvalue weighted by molar-refractivity contribution is 9.10. The van der Waals surface area contributed by atoms with Crippen molar-refractivity contribution >= 4 is 27.5 Å². The Kier molecular flexibility index (Phi) is 3.92. The van der Waals surface area contributed by atoms with Gasteiger partial charge in [-0.1, -0.05) is 24.6 Å². The standard InChI is InChI=1S/C13H12BrClO2/c1-2-11(16)13-6-5-12(17-13)8-3-4-9(14)10(15)7-8/h3-7,11,16H,2H2,1H3. The zero-order chi connectivity index (χ0) is 12.4. The number of benzene rings is 1. The lowest BCUT2D eigenvalue weighted by Gasteiger charge is -2.03. The van der Waals surface area contributed by atoms with Crippen LogP contribution in [0.3, 0.4) is 0 Å². The van der Waals surface area contributed by atoms with E-state index in [1.54, 1.807) is 6.07 Å². The van der Waals surface area contributed by atoms with Crippen molar-refractivity contribution in [2.75, 3.05) is 0 Å². The third-order valence-corrected chi connectivity index (χ3v) is 3.78. The van der Waals surface area contributed by atoms with Crippen LogP contribution < -0.4 is 0 Å². The van der Waals surface area contributed by atoms with E-state index in [4.69, 9.17) is 16.0 Å². The third-order valence-electron chi connectivity index (χ3n) is 2.55. The summed E-state index contributed by atoms with van der Waals surface area (Å²) in [6.45, 7) is 1.91. The number of rotatable bonds is 3. The predicted octanol–water partition coefficient (Wildman–Crippen LogP) is 4.81. The molecule has 17 heavy (non-hydrogen) atoms. The average molecular weight is 316 g/mol. The summed E-state index contributed by atoms with van der Waals surface area (Å²) in [5.41, 5.74) is 0.896. The summed E-state index contributed by atoms with van der Waals surface area (Å²) in [6, 6.07) is 9.24. The van der Waals surface area contributed by atoms with Crippen LogP contribution in [0.2, 0.25) is 5.02 Å². The summed E-state index contributed by atoms with van der Waals surface area (Å²) < 4.78 is 6.44. The second-order valence-electron chi connectivity index (χ2n) is 3.75. The van der Waals surface area contributed by atoms with Gasteiger partial charge in [0.25, 0.3) is 0 Å². The van der Waals surface area contributed by atoms with Gasteiger partial charge in [0.1, 0.15) is 17.6 Å². The molecule has 0 aliphatic carbocycles. The zero-order valence-corrected chi connectivity index (χ0v) is 11.6. The number of halogens is 2. The van der Waals surface area contributed by atoms with Crippen molar-refractivity contribution in [2.45, 2.75) is 19.4 Å². The van der Waals surface area contributed by atoms with Crippen molar-refractivity contribution in [1.82, 2.24) is 0 Å². The zero-order valence-electron chi connectivity index (χ0n) is 9.28. The Morgan fingerprint density at radius 2 is 2.12 bits per heavy atom. The molecule has 1 N–H and O–H groups in total. The Balaban J connectivity index is 2.33. The van der Waals surface area contributed by atoms with Crippen molar-refractivity contribution in [3.8, 4) is 11.3 Å². The first-order valence-corrected chi connectivity index (χ1v) is 6.52. The van der Waals surface area contributed by atoms with Gasteiger partial charge in [-0.2, -0.15) is 0 Å². The van der Waals surface area contributed by atoms with Gasteiger partial charge in [0.2, 0.25) is 0 Å². The molecule has 2 nitrogen and oxygen atoms in total. The first-order chi connectivity index (χ1) is 8.11. The van der Waals surface area contributed by atoms with E-state index in [2.05, 4.69) is 15.9 Å². The van der Waals surface area contributed by atoms with Gasteiger partial charge in [-0.3, -0.25) is 0 Å². The van der Waals surface area contributed by atoms with Gasteiger partial charge in [0.05, 0.1) is 5.02 Å². The number of aliphatic hydroxyl groups excluding tert-OH is 1. The van der Waals surface area contributed by atoms with E-state index in [-0.39, 0.29) is 0 Å². The van der Waals surface area contributed by atoms with Crippen LogP contribution in [-0.4, -0.2) is 5.11 Å². The van der Waals surface area contributed by atoms with E-state index >= 15 is 0 Å². The second kappa shape index (κ2) is 5.25. The molecular formula is C13H12BrClO2. The van der Waals surface area contributed by atoms with Gasteiger partial charge in [-0.05, 0) is 46.6 Å². The van der Waals surface area contributed by atoms with Crippen molar-refractivity contribution in [2.24, 2.45) is 0 Å². The molecule has 0 aliphatic heterocycles. The molecule has 4 heteroatoms. The van der Waals surface area contributed by atoms with Crippen LogP contribution in [0.4, 0.5) is 0 Å². The molecule has 1 unspecified atom stereocenters. The third kappa shape index (κ3) is 2.73. The van der Waals surface area contributed by atoms with E-state index in [0.29, 0.717) is 23.0 Å². The Labute approximate surface area is 113 Å². The molecule has 2 rings (SSSR count). The summed E-state index contributed by atoms with van der Waals surface area (Å²) in [5, 5.41) is 10.3. The maximum Gasteiger partial charge on any atom is 0.134 e. The number of furan rings is 1. The SMILES string of the molecule is CCC(O)c1ccc(-c2ccc(Br)c(Cl)c2)o1. The Morgan fingerprint density at radius 3 is 2.76 bits per heavy atom. The molecule has 0 spiro atoms. The fraction of sp³-hybridized carbons (Fsp3) is 0.231. The Hall–Kier alpha value is -0.770. The van der Waals surface area contributed by atoms with Crippen LogP contribution in [0.25, 0.3) is 11.3 Å². The molecular weight excluding hydrogens is 303 g/mol. The monoisotopic (exact) mass is 314 g/mol. The molecule has 0 saturated carbocycles. The quantitative estimate of drug-likeness (QED) is 0.882. The summed E-state index contributed by atoms with van der Waals surface area (Å²) in [5.74, 6) is 1.29. The number of hydrogen-bond donors (Lipinski definition) is 1. The highest BCUT2D eigenvalue weighted by Gasteiger charge is 2.11. The molecule has 1 aromatic heterocycles. The van der Waals surface area contributed by atoms with E-state index in [9.17, 15) is 5.11 Å². The minimum Gasteiger partial charge on any atom is -0.458 e. The van der Waals surface area contributed by atoms with Crippen LogP contribution in [0.5, 0.6) is 0 Å². The summed E-state index contributed by atoms with van der Waals surface area (Å²) >= 11 is 9.36. The fourth-order valence-corrected chi connectivity index (χ4v) is 1.96. The summed E-state index contributed by atoms with van der Waals surface area (Å²) in [7, 11) is 0. The molecule has 0 bridgehead atoms. The molecule has 2 aromatic rings. The molecule has 1 aromatic carbocycles. The average Bonchev–Trinajstić information content (AvgIpc) is 2.81. The van der Waals surface area contributed by atoms with Gasteiger partial charge in [-0.15, -0.1) is 0 Å². The Bertz CT molecular complexity index is 522. The summed E-state index contributed by atoms with van der Waals surface area (Å²) in [6.07, 6.45) is 0.0864. The molecule has 1 heterocycles. The topological polar surface area (TPSA) is 33.4 Å². The van der Waals surface area contributed by atoms with E-state index in [0.717, 1.165) is 10.0 Å². The highest BCUT2D eigenvalue weighted by atomic mass is 79.9. The van der Waals surface area contributed by atoms with Gasteiger partial charge in [0.15, 0.2) is 0 Å². The number of hydrogen-bond acceptors (Lipinski definition) is 2. The molecule has 0 radical (unpaired) electrons. The lowest BCUT2D eigenvalue weighted by Crippen LogP contribution is -1.91. The van der Waals surface area contributed by atoms with Crippen LogP contribution in [0.1, 0.15) is 25.2 Å². The van der Waals surface area contributed by atoms with Crippen LogP contribution in [0, 0.1) is 0 Å². The highest BCUT2D eigenvalue weighted by Crippen LogP contribution is 2.31. The van der Waals surface area contributed by atoms with Gasteiger partial charge in [-0.25, -0.2) is 0 Å². The molecule has 0 saturated heterocycles. The van der Waals surface area contributed by atoms with E-state index in [1.807, 2.05) is 31.2 Å². The second-order valence-corrected chi connectivity index (χ2v) is 5.02. The molecule has 1 atom stereocenters. The lowest BCUT2D eigenvalue weighted by atomic mass is 10.2. The molecule has 0 amide bonds. The molecule has 90 valence electrons. The summed E-state index contributed by atoms with van der Waals surface area (Å²) in [4.78, 5) is 0. The lowest BCUT2D eigenvalue weighted by molar-refractivity contribution is 0.147. The van der Waals surface area contributed by atoms with Crippen molar-refractivity contribution < 1.29 is 9.52 Å². The maximum absolute atomic E-state index is 9.66. The van der Waals surface area contributed by atoms with Crippen LogP contribution in [0.15, 0.2) is 39.2 Å². The minimum absolute atomic E-state index is 0.547. The minimum atomic E-state index is -0.547. The van der Waals surface area contributed by atoms with Gasteiger partial charge >= 0.3 is 0 Å².